The number of anilines is 3. The van der Waals surface area contributed by atoms with Gasteiger partial charge in [-0.15, -0.1) is 0 Å². The van der Waals surface area contributed by atoms with Crippen LogP contribution in [0.4, 0.5) is 17.1 Å². The molecule has 0 saturated heterocycles. The highest BCUT2D eigenvalue weighted by atomic mass is 14.7. The van der Waals surface area contributed by atoms with Gasteiger partial charge in [0.15, 0.2) is 0 Å². The van der Waals surface area contributed by atoms with Crippen LogP contribution in [-0.2, 0) is 6.42 Å². The van der Waals surface area contributed by atoms with E-state index in [9.17, 15) is 0 Å². The first kappa shape index (κ1) is 14.0. The minimum atomic E-state index is 0.413. The zero-order valence-electron chi connectivity index (χ0n) is 11.8. The lowest BCUT2D eigenvalue weighted by molar-refractivity contribution is 0.311. The topological polar surface area (TPSA) is 104 Å². The smallest absolute Gasteiger partial charge is 0.0598 e. The summed E-state index contributed by atoms with van der Waals surface area (Å²) in [6.07, 6.45) is 6.94. The van der Waals surface area contributed by atoms with Crippen molar-refractivity contribution in [2.24, 2.45) is 11.7 Å². The Morgan fingerprint density at radius 3 is 2.32 bits per heavy atom. The van der Waals surface area contributed by atoms with Crippen molar-refractivity contribution in [3.63, 3.8) is 0 Å². The molecular weight excluding hydrogens is 236 g/mol. The SMILES string of the molecule is Cc1c(N)c(N)cc(CCC2CCC(N)CC2)c1N. The largest absolute Gasteiger partial charge is 0.398 e. The standard InChI is InChI=1S/C15H26N4/c1-9-14(18)11(8-13(17)15(9)19)5-2-10-3-6-12(16)7-4-10/h8,10,12H,2-7,16-19H2,1H3. The third kappa shape index (κ3) is 3.13. The van der Waals surface area contributed by atoms with E-state index < -0.39 is 0 Å². The van der Waals surface area contributed by atoms with Gasteiger partial charge in [-0.1, -0.05) is 0 Å². The van der Waals surface area contributed by atoms with Gasteiger partial charge in [-0.05, 0) is 68.6 Å². The number of aryl methyl sites for hydroxylation is 1. The summed E-state index contributed by atoms with van der Waals surface area (Å²) in [5.74, 6) is 0.776. The lowest BCUT2D eigenvalue weighted by atomic mass is 9.83. The Hall–Kier alpha value is -1.42. The number of rotatable bonds is 3. The lowest BCUT2D eigenvalue weighted by Gasteiger charge is -2.26. The molecule has 0 atom stereocenters. The van der Waals surface area contributed by atoms with Crippen molar-refractivity contribution in [2.75, 3.05) is 17.2 Å². The summed E-state index contributed by atoms with van der Waals surface area (Å²) in [7, 11) is 0. The Morgan fingerprint density at radius 2 is 1.68 bits per heavy atom. The Kier molecular flexibility index (Phi) is 4.20. The van der Waals surface area contributed by atoms with E-state index in [0.717, 1.165) is 42.0 Å². The number of nitrogen functional groups attached to an aromatic ring is 3. The van der Waals surface area contributed by atoms with Crippen molar-refractivity contribution >= 4 is 17.1 Å². The van der Waals surface area contributed by atoms with Gasteiger partial charge in [-0.3, -0.25) is 0 Å². The van der Waals surface area contributed by atoms with E-state index in [2.05, 4.69) is 0 Å². The van der Waals surface area contributed by atoms with Gasteiger partial charge >= 0.3 is 0 Å². The van der Waals surface area contributed by atoms with Gasteiger partial charge in [0.05, 0.1) is 11.4 Å². The first-order chi connectivity index (χ1) is 8.99. The van der Waals surface area contributed by atoms with Crippen molar-refractivity contribution < 1.29 is 0 Å². The molecule has 1 aliphatic rings. The van der Waals surface area contributed by atoms with Crippen LogP contribution in [0.15, 0.2) is 6.07 Å². The van der Waals surface area contributed by atoms with Gasteiger partial charge in [-0.25, -0.2) is 0 Å². The van der Waals surface area contributed by atoms with Crippen LogP contribution in [0.3, 0.4) is 0 Å². The predicted octanol–water partition coefficient (Wildman–Crippen LogP) is 2.19. The first-order valence-electron chi connectivity index (χ1n) is 7.17. The minimum Gasteiger partial charge on any atom is -0.398 e. The third-order valence-electron chi connectivity index (χ3n) is 4.51. The normalized spacial score (nSPS) is 23.5. The summed E-state index contributed by atoms with van der Waals surface area (Å²) >= 11 is 0. The van der Waals surface area contributed by atoms with Crippen molar-refractivity contribution in [1.82, 2.24) is 0 Å². The Balaban J connectivity index is 2.00. The number of hydrogen-bond donors (Lipinski definition) is 4. The van der Waals surface area contributed by atoms with E-state index in [-0.39, 0.29) is 0 Å². The molecular formula is C15H26N4. The average molecular weight is 262 g/mol. The summed E-state index contributed by atoms with van der Waals surface area (Å²) < 4.78 is 0. The fourth-order valence-corrected chi connectivity index (χ4v) is 2.99. The monoisotopic (exact) mass is 262 g/mol. The molecule has 2 rings (SSSR count). The van der Waals surface area contributed by atoms with E-state index in [0.29, 0.717) is 17.4 Å². The van der Waals surface area contributed by atoms with Crippen LogP contribution in [0.2, 0.25) is 0 Å². The molecule has 0 bridgehead atoms. The summed E-state index contributed by atoms with van der Waals surface area (Å²) in [6.45, 7) is 1.93. The van der Waals surface area contributed by atoms with Crippen molar-refractivity contribution in [3.05, 3.63) is 17.2 Å². The van der Waals surface area contributed by atoms with Crippen LogP contribution < -0.4 is 22.9 Å². The van der Waals surface area contributed by atoms with Crippen LogP contribution in [0.25, 0.3) is 0 Å². The maximum atomic E-state index is 6.13. The molecule has 4 heteroatoms. The highest BCUT2D eigenvalue weighted by molar-refractivity contribution is 5.76. The molecule has 1 aliphatic carbocycles. The molecule has 1 aromatic carbocycles. The summed E-state index contributed by atoms with van der Waals surface area (Å²) in [5, 5.41) is 0. The molecule has 1 saturated carbocycles. The van der Waals surface area contributed by atoms with Crippen LogP contribution in [-0.4, -0.2) is 6.04 Å². The van der Waals surface area contributed by atoms with Crippen LogP contribution >= 0.6 is 0 Å². The van der Waals surface area contributed by atoms with Crippen LogP contribution in [0, 0.1) is 12.8 Å². The van der Waals surface area contributed by atoms with Gasteiger partial charge in [0.2, 0.25) is 0 Å². The van der Waals surface area contributed by atoms with E-state index >= 15 is 0 Å². The molecule has 4 nitrogen and oxygen atoms in total. The zero-order chi connectivity index (χ0) is 14.0. The molecule has 106 valence electrons. The average Bonchev–Trinajstić information content (AvgIpc) is 2.41. The highest BCUT2D eigenvalue weighted by Crippen LogP contribution is 2.32. The second kappa shape index (κ2) is 5.70. The third-order valence-corrected chi connectivity index (χ3v) is 4.51. The summed E-state index contributed by atoms with van der Waals surface area (Å²) in [6, 6.07) is 2.35. The molecule has 0 aromatic heterocycles. The van der Waals surface area contributed by atoms with Crippen LogP contribution in [0.5, 0.6) is 0 Å². The fourth-order valence-electron chi connectivity index (χ4n) is 2.99. The lowest BCUT2D eigenvalue weighted by Crippen LogP contribution is -2.26. The van der Waals surface area contributed by atoms with Crippen molar-refractivity contribution in [2.45, 2.75) is 51.5 Å². The quantitative estimate of drug-likeness (QED) is 0.627. The minimum absolute atomic E-state index is 0.413. The number of nitrogens with two attached hydrogens (primary N) is 4. The molecule has 0 aliphatic heterocycles. The maximum absolute atomic E-state index is 6.13. The van der Waals surface area contributed by atoms with E-state index in [1.165, 1.54) is 19.3 Å². The molecule has 1 aromatic rings. The second-order valence-corrected chi connectivity index (χ2v) is 5.90. The molecule has 19 heavy (non-hydrogen) atoms. The number of hydrogen-bond acceptors (Lipinski definition) is 4. The predicted molar refractivity (Wildman–Crippen MR) is 82.7 cm³/mol. The maximum Gasteiger partial charge on any atom is 0.0598 e. The molecule has 8 N–H and O–H groups in total. The van der Waals surface area contributed by atoms with Crippen molar-refractivity contribution in [3.8, 4) is 0 Å². The molecule has 0 heterocycles. The Morgan fingerprint density at radius 1 is 1.05 bits per heavy atom. The van der Waals surface area contributed by atoms with E-state index in [1.54, 1.807) is 0 Å². The Bertz CT molecular complexity index is 448. The highest BCUT2D eigenvalue weighted by Gasteiger charge is 2.19. The van der Waals surface area contributed by atoms with Gasteiger partial charge in [0.25, 0.3) is 0 Å². The van der Waals surface area contributed by atoms with Crippen molar-refractivity contribution in [1.29, 1.82) is 0 Å². The molecule has 0 amide bonds. The molecule has 0 radical (unpaired) electrons. The number of benzene rings is 1. The zero-order valence-corrected chi connectivity index (χ0v) is 11.8. The van der Waals surface area contributed by atoms with Gasteiger partial charge < -0.3 is 22.9 Å². The summed E-state index contributed by atoms with van der Waals surface area (Å²) in [5.41, 5.74) is 28.0. The van der Waals surface area contributed by atoms with Gasteiger partial charge in [-0.2, -0.15) is 0 Å². The molecule has 0 spiro atoms. The van der Waals surface area contributed by atoms with E-state index in [1.807, 2.05) is 13.0 Å². The van der Waals surface area contributed by atoms with Gasteiger partial charge in [0.1, 0.15) is 0 Å². The second-order valence-electron chi connectivity index (χ2n) is 5.90. The molecule has 1 fully saturated rings. The summed E-state index contributed by atoms with van der Waals surface area (Å²) in [4.78, 5) is 0. The van der Waals surface area contributed by atoms with Crippen LogP contribution in [0.1, 0.15) is 43.2 Å². The van der Waals surface area contributed by atoms with Gasteiger partial charge in [0, 0.05) is 11.7 Å². The first-order valence-corrected chi connectivity index (χ1v) is 7.17. The van der Waals surface area contributed by atoms with E-state index in [4.69, 9.17) is 22.9 Å². The Labute approximate surface area is 115 Å². The fraction of sp³-hybridized carbons (Fsp3) is 0.600. The molecule has 0 unspecified atom stereocenters.